The Morgan fingerprint density at radius 1 is 1.00 bits per heavy atom. The van der Waals surface area contributed by atoms with Crippen LogP contribution in [0.4, 0.5) is 17.1 Å². The second-order valence-electron chi connectivity index (χ2n) is 8.88. The highest BCUT2D eigenvalue weighted by atomic mass is 28.4. The highest BCUT2D eigenvalue weighted by Crippen LogP contribution is 2.37. The van der Waals surface area contributed by atoms with E-state index in [4.69, 9.17) is 4.43 Å². The van der Waals surface area contributed by atoms with E-state index in [1.165, 1.54) is 17.7 Å². The minimum Gasteiger partial charge on any atom is -0.544 e. The lowest BCUT2D eigenvalue weighted by molar-refractivity contribution is 0.492. The van der Waals surface area contributed by atoms with Gasteiger partial charge in [-0.15, -0.1) is 0 Å². The highest BCUT2D eigenvalue weighted by Gasteiger charge is 2.38. The molecule has 1 aliphatic heterocycles. The lowest BCUT2D eigenvalue weighted by atomic mass is 10.0. The largest absolute Gasteiger partial charge is 0.544 e. The maximum Gasteiger partial charge on any atom is 0.250 e. The SMILES string of the molecule is CN1CCCc2cc(Nc3ccc(O[Si](C)(C)C(C)(C)C)cc3)ccc21. The van der Waals surface area contributed by atoms with Gasteiger partial charge in [-0.2, -0.15) is 0 Å². The van der Waals surface area contributed by atoms with Crippen LogP contribution in [0.5, 0.6) is 5.75 Å². The Kier molecular flexibility index (Phi) is 5.06. The fourth-order valence-corrected chi connectivity index (χ4v) is 4.12. The van der Waals surface area contributed by atoms with Gasteiger partial charge in [-0.25, -0.2) is 0 Å². The normalized spacial score (nSPS) is 14.8. The lowest BCUT2D eigenvalue weighted by Gasteiger charge is -2.36. The molecule has 0 saturated carbocycles. The molecule has 0 spiro atoms. The molecule has 2 aromatic carbocycles. The van der Waals surface area contributed by atoms with Crippen molar-refractivity contribution in [3.63, 3.8) is 0 Å². The molecule has 0 atom stereocenters. The van der Waals surface area contributed by atoms with E-state index in [2.05, 4.69) is 93.6 Å². The monoisotopic (exact) mass is 368 g/mol. The van der Waals surface area contributed by atoms with Gasteiger partial charge in [0.2, 0.25) is 8.32 Å². The molecule has 1 aliphatic rings. The molecular formula is C22H32N2OSi. The summed E-state index contributed by atoms with van der Waals surface area (Å²) in [6, 6.07) is 15.0. The first-order chi connectivity index (χ1) is 12.2. The molecule has 0 aliphatic carbocycles. The van der Waals surface area contributed by atoms with Crippen molar-refractivity contribution in [2.45, 2.75) is 51.7 Å². The fraction of sp³-hybridized carbons (Fsp3) is 0.455. The summed E-state index contributed by atoms with van der Waals surface area (Å²) in [7, 11) is 0.387. The van der Waals surface area contributed by atoms with E-state index in [0.717, 1.165) is 30.1 Å². The van der Waals surface area contributed by atoms with Crippen molar-refractivity contribution in [1.29, 1.82) is 0 Å². The third-order valence-corrected chi connectivity index (χ3v) is 10.1. The van der Waals surface area contributed by atoms with Crippen LogP contribution in [0.25, 0.3) is 0 Å². The summed E-state index contributed by atoms with van der Waals surface area (Å²) < 4.78 is 6.36. The first-order valence-electron chi connectivity index (χ1n) is 9.56. The highest BCUT2D eigenvalue weighted by molar-refractivity contribution is 6.74. The van der Waals surface area contributed by atoms with E-state index < -0.39 is 8.32 Å². The smallest absolute Gasteiger partial charge is 0.250 e. The quantitative estimate of drug-likeness (QED) is 0.651. The summed E-state index contributed by atoms with van der Waals surface area (Å²) in [4.78, 5) is 2.34. The predicted molar refractivity (Wildman–Crippen MR) is 116 cm³/mol. The lowest BCUT2D eigenvalue weighted by Crippen LogP contribution is -2.43. The van der Waals surface area contributed by atoms with Crippen LogP contribution in [-0.2, 0) is 6.42 Å². The topological polar surface area (TPSA) is 24.5 Å². The first kappa shape index (κ1) is 18.8. The van der Waals surface area contributed by atoms with Gasteiger partial charge in [0.25, 0.3) is 0 Å². The zero-order valence-electron chi connectivity index (χ0n) is 17.0. The van der Waals surface area contributed by atoms with Crippen molar-refractivity contribution < 1.29 is 4.43 Å². The number of benzene rings is 2. The van der Waals surface area contributed by atoms with E-state index in [1.54, 1.807) is 0 Å². The van der Waals surface area contributed by atoms with Gasteiger partial charge in [-0.1, -0.05) is 20.8 Å². The standard InChI is InChI=1S/C22H32N2OSi/c1-22(2,3)26(5,6)25-20-12-9-18(10-13-20)23-19-11-14-21-17(16-19)8-7-15-24(21)4/h9-14,16,23H,7-8,15H2,1-6H3. The number of hydrogen-bond acceptors (Lipinski definition) is 3. The Morgan fingerprint density at radius 3 is 2.31 bits per heavy atom. The molecule has 0 unspecified atom stereocenters. The van der Waals surface area contributed by atoms with Crippen LogP contribution >= 0.6 is 0 Å². The maximum absolute atomic E-state index is 6.36. The van der Waals surface area contributed by atoms with Crippen LogP contribution in [0, 0.1) is 0 Å². The van der Waals surface area contributed by atoms with Crippen molar-refractivity contribution in [3.05, 3.63) is 48.0 Å². The van der Waals surface area contributed by atoms with Crippen molar-refractivity contribution in [2.75, 3.05) is 23.8 Å². The minimum atomic E-state index is -1.79. The fourth-order valence-electron chi connectivity index (χ4n) is 3.08. The van der Waals surface area contributed by atoms with Crippen LogP contribution in [0.3, 0.4) is 0 Å². The number of fused-ring (bicyclic) bond motifs is 1. The number of nitrogens with zero attached hydrogens (tertiary/aromatic N) is 1. The van der Waals surface area contributed by atoms with E-state index >= 15 is 0 Å². The second kappa shape index (κ2) is 6.99. The average Bonchev–Trinajstić information content (AvgIpc) is 2.55. The van der Waals surface area contributed by atoms with Crippen LogP contribution in [0.2, 0.25) is 18.1 Å². The summed E-state index contributed by atoms with van der Waals surface area (Å²) in [6.45, 7) is 12.5. The number of nitrogens with one attached hydrogen (secondary N) is 1. The molecule has 26 heavy (non-hydrogen) atoms. The molecule has 2 aromatic rings. The van der Waals surface area contributed by atoms with Crippen LogP contribution in [0.15, 0.2) is 42.5 Å². The molecule has 0 bridgehead atoms. The van der Waals surface area contributed by atoms with Gasteiger partial charge in [0.15, 0.2) is 0 Å². The number of anilines is 3. The van der Waals surface area contributed by atoms with Crippen LogP contribution in [-0.4, -0.2) is 21.9 Å². The van der Waals surface area contributed by atoms with Crippen molar-refractivity contribution in [1.82, 2.24) is 0 Å². The minimum absolute atomic E-state index is 0.209. The molecule has 3 rings (SSSR count). The number of rotatable bonds is 4. The average molecular weight is 369 g/mol. The van der Waals surface area contributed by atoms with Gasteiger partial charge in [-0.3, -0.25) is 0 Å². The Balaban J connectivity index is 1.70. The van der Waals surface area contributed by atoms with E-state index in [-0.39, 0.29) is 5.04 Å². The van der Waals surface area contributed by atoms with Gasteiger partial charge in [0.1, 0.15) is 5.75 Å². The van der Waals surface area contributed by atoms with E-state index in [0.29, 0.717) is 0 Å². The van der Waals surface area contributed by atoms with Gasteiger partial charge < -0.3 is 14.6 Å². The molecule has 3 nitrogen and oxygen atoms in total. The Morgan fingerprint density at radius 2 is 1.65 bits per heavy atom. The Hall–Kier alpha value is -1.94. The van der Waals surface area contributed by atoms with Gasteiger partial charge in [0, 0.05) is 30.7 Å². The summed E-state index contributed by atoms with van der Waals surface area (Å²) in [5.74, 6) is 0.967. The molecule has 1 N–H and O–H groups in total. The van der Waals surface area contributed by atoms with E-state index in [1.807, 2.05) is 0 Å². The zero-order valence-corrected chi connectivity index (χ0v) is 18.0. The van der Waals surface area contributed by atoms with E-state index in [9.17, 15) is 0 Å². The number of aryl methyl sites for hydroxylation is 1. The molecular weight excluding hydrogens is 336 g/mol. The molecule has 1 heterocycles. The number of hydrogen-bond donors (Lipinski definition) is 1. The molecule has 4 heteroatoms. The zero-order chi connectivity index (χ0) is 18.9. The van der Waals surface area contributed by atoms with Crippen LogP contribution < -0.4 is 14.6 Å². The summed E-state index contributed by atoms with van der Waals surface area (Å²) >= 11 is 0. The van der Waals surface area contributed by atoms with Gasteiger partial charge in [-0.05, 0) is 79.0 Å². The van der Waals surface area contributed by atoms with Crippen molar-refractivity contribution in [3.8, 4) is 5.75 Å². The molecule has 0 aromatic heterocycles. The van der Waals surface area contributed by atoms with Crippen molar-refractivity contribution in [2.24, 2.45) is 0 Å². The van der Waals surface area contributed by atoms with Gasteiger partial charge >= 0.3 is 0 Å². The van der Waals surface area contributed by atoms with Crippen molar-refractivity contribution >= 4 is 25.4 Å². The maximum atomic E-state index is 6.36. The summed E-state index contributed by atoms with van der Waals surface area (Å²) in [6.07, 6.45) is 2.39. The molecule has 0 fully saturated rings. The predicted octanol–water partition coefficient (Wildman–Crippen LogP) is 6.20. The van der Waals surface area contributed by atoms with Crippen LogP contribution in [0.1, 0.15) is 32.8 Å². The Bertz CT molecular complexity index is 763. The summed E-state index contributed by atoms with van der Waals surface area (Å²) in [5, 5.41) is 3.73. The molecule has 140 valence electrons. The molecule has 0 radical (unpaired) electrons. The third-order valence-electron chi connectivity index (χ3n) is 5.75. The third kappa shape index (κ3) is 4.06. The molecule has 0 amide bonds. The van der Waals surface area contributed by atoms with Gasteiger partial charge in [0.05, 0.1) is 0 Å². The molecule has 0 saturated heterocycles. The Labute approximate surface area is 159 Å². The second-order valence-corrected chi connectivity index (χ2v) is 13.6. The summed E-state index contributed by atoms with van der Waals surface area (Å²) in [5.41, 5.74) is 5.04. The first-order valence-corrected chi connectivity index (χ1v) is 12.5.